The molecule has 6 nitrogen and oxygen atoms in total. The summed E-state index contributed by atoms with van der Waals surface area (Å²) in [4.78, 5) is 17.1. The standard InChI is InChI=1S/C25H18Cl2FN5O/c1-14-8-10-15(11-9-14)20-13-21(22-18(27)6-3-7-19(22)28)33-25(29-20)31-24(32-33)30-23(34)16-4-2-5-17(26)12-16/h2-13,21H,1H3,(H2,29,30,31,32,34)/t21-/m1/s1. The first kappa shape index (κ1) is 22.1. The second-order valence-corrected chi connectivity index (χ2v) is 8.66. The van der Waals surface area contributed by atoms with Crippen LogP contribution in [0.2, 0.25) is 10.0 Å². The number of anilines is 2. The number of halogens is 3. The van der Waals surface area contributed by atoms with Crippen molar-refractivity contribution in [3.05, 3.63) is 111 Å². The van der Waals surface area contributed by atoms with Gasteiger partial charge < -0.3 is 5.32 Å². The molecule has 1 aromatic heterocycles. The fourth-order valence-electron chi connectivity index (χ4n) is 3.75. The van der Waals surface area contributed by atoms with Gasteiger partial charge in [-0.05, 0) is 48.9 Å². The van der Waals surface area contributed by atoms with Gasteiger partial charge in [-0.1, -0.05) is 65.2 Å². The third-order valence-corrected chi connectivity index (χ3v) is 6.00. The first-order valence-corrected chi connectivity index (χ1v) is 11.2. The van der Waals surface area contributed by atoms with E-state index in [9.17, 15) is 9.18 Å². The van der Waals surface area contributed by atoms with Gasteiger partial charge in [0, 0.05) is 26.9 Å². The molecule has 34 heavy (non-hydrogen) atoms. The highest BCUT2D eigenvalue weighted by Gasteiger charge is 2.29. The summed E-state index contributed by atoms with van der Waals surface area (Å²) in [6.45, 7) is 2.00. The molecular formula is C25H18Cl2FN5O. The Morgan fingerprint density at radius 3 is 2.59 bits per heavy atom. The van der Waals surface area contributed by atoms with Crippen molar-refractivity contribution in [2.75, 3.05) is 10.6 Å². The van der Waals surface area contributed by atoms with Crippen LogP contribution in [0.4, 0.5) is 16.3 Å². The van der Waals surface area contributed by atoms with E-state index in [-0.39, 0.29) is 16.5 Å². The van der Waals surface area contributed by atoms with Crippen LogP contribution in [0.15, 0.2) is 72.8 Å². The van der Waals surface area contributed by atoms with E-state index in [4.69, 9.17) is 23.2 Å². The number of benzene rings is 3. The topological polar surface area (TPSA) is 71.8 Å². The summed E-state index contributed by atoms with van der Waals surface area (Å²) < 4.78 is 16.4. The van der Waals surface area contributed by atoms with Crippen LogP contribution in [-0.4, -0.2) is 20.7 Å². The molecule has 0 saturated carbocycles. The van der Waals surface area contributed by atoms with Crippen LogP contribution in [0.5, 0.6) is 0 Å². The molecule has 0 aliphatic carbocycles. The number of nitrogens with zero attached hydrogens (tertiary/aromatic N) is 3. The molecule has 0 radical (unpaired) electrons. The van der Waals surface area contributed by atoms with Gasteiger partial charge >= 0.3 is 0 Å². The number of hydrogen-bond acceptors (Lipinski definition) is 4. The number of carbonyl (C=O) groups excluding carboxylic acids is 1. The van der Waals surface area contributed by atoms with Crippen molar-refractivity contribution in [3.8, 4) is 0 Å². The van der Waals surface area contributed by atoms with Gasteiger partial charge in [0.1, 0.15) is 11.9 Å². The van der Waals surface area contributed by atoms with Crippen LogP contribution in [0, 0.1) is 12.7 Å². The van der Waals surface area contributed by atoms with Crippen LogP contribution in [0.3, 0.4) is 0 Å². The van der Waals surface area contributed by atoms with Gasteiger partial charge in [0.25, 0.3) is 11.9 Å². The molecule has 2 N–H and O–H groups in total. The van der Waals surface area contributed by atoms with Crippen LogP contribution in [0.25, 0.3) is 5.70 Å². The summed E-state index contributed by atoms with van der Waals surface area (Å²) in [7, 11) is 0. The minimum atomic E-state index is -0.689. The molecule has 1 amide bonds. The van der Waals surface area contributed by atoms with E-state index in [0.717, 1.165) is 16.8 Å². The minimum absolute atomic E-state index is 0.0588. The predicted molar refractivity (Wildman–Crippen MR) is 132 cm³/mol. The molecule has 0 fully saturated rings. The fraction of sp³-hybridized carbons (Fsp3) is 0.0800. The first-order valence-electron chi connectivity index (χ1n) is 10.4. The molecule has 9 heteroatoms. The molecule has 1 aliphatic heterocycles. The maximum absolute atomic E-state index is 14.9. The lowest BCUT2D eigenvalue weighted by atomic mass is 10.0. The molecule has 0 saturated heterocycles. The van der Waals surface area contributed by atoms with Crippen molar-refractivity contribution in [2.24, 2.45) is 0 Å². The lowest BCUT2D eigenvalue weighted by Gasteiger charge is -2.25. The van der Waals surface area contributed by atoms with E-state index in [1.54, 1.807) is 36.4 Å². The maximum Gasteiger partial charge on any atom is 0.258 e. The molecule has 0 unspecified atom stereocenters. The average Bonchev–Trinajstić information content (AvgIpc) is 3.22. The summed E-state index contributed by atoms with van der Waals surface area (Å²) in [6, 6.07) is 18.3. The predicted octanol–water partition coefficient (Wildman–Crippen LogP) is 6.34. The summed E-state index contributed by atoms with van der Waals surface area (Å²) in [5.41, 5.74) is 3.34. The lowest BCUT2D eigenvalue weighted by molar-refractivity contribution is 0.102. The summed E-state index contributed by atoms with van der Waals surface area (Å²) in [5.74, 6) is -0.491. The van der Waals surface area contributed by atoms with Gasteiger partial charge in [-0.25, -0.2) is 9.07 Å². The SMILES string of the molecule is Cc1ccc(C2=C[C@H](c3c(F)cccc3Cl)n3nc(NC(=O)c4cccc(Cl)c4)nc3N2)cc1. The van der Waals surface area contributed by atoms with E-state index in [1.165, 1.54) is 10.7 Å². The Hall–Kier alpha value is -3.68. The second kappa shape index (κ2) is 8.93. The molecule has 3 aromatic carbocycles. The van der Waals surface area contributed by atoms with Gasteiger partial charge in [0.05, 0.1) is 0 Å². The van der Waals surface area contributed by atoms with E-state index >= 15 is 0 Å². The Balaban J connectivity index is 1.55. The van der Waals surface area contributed by atoms with E-state index in [1.807, 2.05) is 37.3 Å². The summed E-state index contributed by atoms with van der Waals surface area (Å²) in [6.07, 6.45) is 1.83. The van der Waals surface area contributed by atoms with E-state index < -0.39 is 17.8 Å². The third kappa shape index (κ3) is 4.27. The van der Waals surface area contributed by atoms with Gasteiger partial charge in [0.15, 0.2) is 0 Å². The largest absolute Gasteiger partial charge is 0.324 e. The zero-order valence-electron chi connectivity index (χ0n) is 17.9. The van der Waals surface area contributed by atoms with Crippen molar-refractivity contribution in [1.82, 2.24) is 14.8 Å². The van der Waals surface area contributed by atoms with Crippen molar-refractivity contribution in [3.63, 3.8) is 0 Å². The monoisotopic (exact) mass is 493 g/mol. The number of carbonyl (C=O) groups is 1. The molecular weight excluding hydrogens is 476 g/mol. The molecule has 2 heterocycles. The van der Waals surface area contributed by atoms with Crippen LogP contribution in [0.1, 0.15) is 33.1 Å². The zero-order valence-corrected chi connectivity index (χ0v) is 19.4. The Labute approximate surface area is 205 Å². The number of nitrogens with one attached hydrogen (secondary N) is 2. The van der Waals surface area contributed by atoms with E-state index in [0.29, 0.717) is 16.5 Å². The second-order valence-electron chi connectivity index (χ2n) is 7.82. The van der Waals surface area contributed by atoms with Gasteiger partial charge in [-0.3, -0.25) is 10.1 Å². The Bertz CT molecular complexity index is 1410. The number of fused-ring (bicyclic) bond motifs is 1. The number of allylic oxidation sites excluding steroid dienone is 1. The highest BCUT2D eigenvalue weighted by Crippen LogP contribution is 2.37. The molecule has 0 spiro atoms. The fourth-order valence-corrected chi connectivity index (χ4v) is 4.21. The number of aryl methyl sites for hydroxylation is 1. The highest BCUT2D eigenvalue weighted by molar-refractivity contribution is 6.31. The molecule has 4 aromatic rings. The molecule has 5 rings (SSSR count). The maximum atomic E-state index is 14.9. The van der Waals surface area contributed by atoms with Crippen LogP contribution in [-0.2, 0) is 0 Å². The number of rotatable bonds is 4. The number of amides is 1. The normalized spacial score (nSPS) is 14.7. The Morgan fingerprint density at radius 2 is 1.85 bits per heavy atom. The molecule has 1 atom stereocenters. The van der Waals surface area contributed by atoms with Crippen molar-refractivity contribution >= 4 is 46.7 Å². The molecule has 0 bridgehead atoms. The van der Waals surface area contributed by atoms with Crippen molar-refractivity contribution in [2.45, 2.75) is 13.0 Å². The van der Waals surface area contributed by atoms with Crippen molar-refractivity contribution in [1.29, 1.82) is 0 Å². The first-order chi connectivity index (χ1) is 16.4. The zero-order chi connectivity index (χ0) is 23.8. The quantitative estimate of drug-likeness (QED) is 0.347. The van der Waals surface area contributed by atoms with Gasteiger partial charge in [-0.15, -0.1) is 5.10 Å². The summed E-state index contributed by atoms with van der Waals surface area (Å²) >= 11 is 12.4. The molecule has 170 valence electrons. The number of aromatic nitrogens is 3. The van der Waals surface area contributed by atoms with Crippen molar-refractivity contribution < 1.29 is 9.18 Å². The van der Waals surface area contributed by atoms with Crippen LogP contribution < -0.4 is 10.6 Å². The Morgan fingerprint density at radius 1 is 1.09 bits per heavy atom. The number of hydrogen-bond donors (Lipinski definition) is 2. The summed E-state index contributed by atoms with van der Waals surface area (Å²) in [5, 5.41) is 11.0. The van der Waals surface area contributed by atoms with Gasteiger partial charge in [0.2, 0.25) is 5.95 Å². The van der Waals surface area contributed by atoms with Crippen LogP contribution >= 0.6 is 23.2 Å². The lowest BCUT2D eigenvalue weighted by Crippen LogP contribution is -2.21. The third-order valence-electron chi connectivity index (χ3n) is 5.44. The highest BCUT2D eigenvalue weighted by atomic mass is 35.5. The minimum Gasteiger partial charge on any atom is -0.324 e. The Kier molecular flexibility index (Phi) is 5.81. The van der Waals surface area contributed by atoms with E-state index in [2.05, 4.69) is 20.7 Å². The smallest absolute Gasteiger partial charge is 0.258 e. The van der Waals surface area contributed by atoms with Gasteiger partial charge in [-0.2, -0.15) is 4.98 Å². The molecule has 1 aliphatic rings. The average molecular weight is 494 g/mol.